The number of carbonyl (C=O) groups excluding carboxylic acids is 1. The molecule has 1 amide bonds. The Labute approximate surface area is 95.6 Å². The Kier molecular flexibility index (Phi) is 3.92. The van der Waals surface area contributed by atoms with Gasteiger partial charge in [-0.3, -0.25) is 4.79 Å². The smallest absolute Gasteiger partial charge is 0.221 e. The lowest BCUT2D eigenvalue weighted by atomic mass is 10.1. The maximum Gasteiger partial charge on any atom is 0.221 e. The Morgan fingerprint density at radius 1 is 1.47 bits per heavy atom. The van der Waals surface area contributed by atoms with Gasteiger partial charge in [-0.2, -0.15) is 11.8 Å². The highest BCUT2D eigenvalue weighted by Gasteiger charge is 2.29. The molecule has 1 heterocycles. The van der Waals surface area contributed by atoms with E-state index in [-0.39, 0.29) is 11.9 Å². The molecule has 2 unspecified atom stereocenters. The Morgan fingerprint density at radius 2 is 2.27 bits per heavy atom. The highest BCUT2D eigenvalue weighted by Crippen LogP contribution is 2.32. The van der Waals surface area contributed by atoms with Crippen LogP contribution in [0.25, 0.3) is 0 Å². The molecule has 0 aromatic carbocycles. The van der Waals surface area contributed by atoms with Gasteiger partial charge in [0.15, 0.2) is 0 Å². The predicted molar refractivity (Wildman–Crippen MR) is 63.8 cm³/mol. The fourth-order valence-corrected chi connectivity index (χ4v) is 3.21. The van der Waals surface area contributed by atoms with E-state index in [0.29, 0.717) is 17.6 Å². The largest absolute Gasteiger partial charge is 0.355 e. The second kappa shape index (κ2) is 5.21. The lowest BCUT2D eigenvalue weighted by Gasteiger charge is -2.13. The third-order valence-corrected chi connectivity index (χ3v) is 4.60. The molecule has 3 nitrogen and oxygen atoms in total. The average Bonchev–Trinajstić information content (AvgIpc) is 2.93. The Hall–Kier alpha value is -0.220. The van der Waals surface area contributed by atoms with Crippen LogP contribution in [0.3, 0.4) is 0 Å². The normalized spacial score (nSPS) is 27.7. The van der Waals surface area contributed by atoms with Crippen LogP contribution in [0.4, 0.5) is 0 Å². The summed E-state index contributed by atoms with van der Waals surface area (Å²) in [5.41, 5.74) is 5.90. The molecule has 1 saturated heterocycles. The van der Waals surface area contributed by atoms with E-state index >= 15 is 0 Å². The van der Waals surface area contributed by atoms with Gasteiger partial charge in [-0.1, -0.05) is 0 Å². The fraction of sp³-hybridized carbons (Fsp3) is 0.909. The summed E-state index contributed by atoms with van der Waals surface area (Å²) in [6.45, 7) is 0.834. The van der Waals surface area contributed by atoms with Crippen LogP contribution in [0.5, 0.6) is 0 Å². The lowest BCUT2D eigenvalue weighted by molar-refractivity contribution is -0.121. The second-order valence-corrected chi connectivity index (χ2v) is 6.05. The van der Waals surface area contributed by atoms with E-state index in [1.807, 2.05) is 11.8 Å². The molecule has 0 radical (unpaired) electrons. The molecule has 1 aliphatic carbocycles. The van der Waals surface area contributed by atoms with Crippen LogP contribution in [0, 0.1) is 5.92 Å². The number of hydrogen-bond donors (Lipinski definition) is 2. The van der Waals surface area contributed by atoms with Crippen molar-refractivity contribution in [3.8, 4) is 0 Å². The molecule has 86 valence electrons. The minimum Gasteiger partial charge on any atom is -0.355 e. The van der Waals surface area contributed by atoms with Gasteiger partial charge in [0.25, 0.3) is 0 Å². The van der Waals surface area contributed by atoms with Crippen LogP contribution in [0.15, 0.2) is 0 Å². The first-order valence-corrected chi connectivity index (χ1v) is 6.94. The summed E-state index contributed by atoms with van der Waals surface area (Å²) in [7, 11) is 0. The van der Waals surface area contributed by atoms with E-state index in [2.05, 4.69) is 5.32 Å². The second-order valence-electron chi connectivity index (χ2n) is 4.64. The molecule has 4 heteroatoms. The predicted octanol–water partition coefficient (Wildman–Crippen LogP) is 1.13. The Balaban J connectivity index is 1.59. The van der Waals surface area contributed by atoms with Crippen LogP contribution in [-0.2, 0) is 4.79 Å². The van der Waals surface area contributed by atoms with Crippen LogP contribution >= 0.6 is 11.8 Å². The summed E-state index contributed by atoms with van der Waals surface area (Å²) < 4.78 is 0. The van der Waals surface area contributed by atoms with E-state index in [0.717, 1.165) is 6.54 Å². The number of rotatable bonds is 5. The zero-order chi connectivity index (χ0) is 10.7. The van der Waals surface area contributed by atoms with Crippen LogP contribution < -0.4 is 11.1 Å². The molecule has 2 aliphatic rings. The Morgan fingerprint density at radius 3 is 2.87 bits per heavy atom. The number of carbonyl (C=O) groups is 1. The highest BCUT2D eigenvalue weighted by molar-refractivity contribution is 8.00. The molecule has 0 aromatic rings. The molecule has 0 aromatic heterocycles. The van der Waals surface area contributed by atoms with Gasteiger partial charge < -0.3 is 11.1 Å². The zero-order valence-electron chi connectivity index (χ0n) is 9.08. The molecule has 1 saturated carbocycles. The lowest BCUT2D eigenvalue weighted by Crippen LogP contribution is -2.35. The molecular weight excluding hydrogens is 208 g/mol. The van der Waals surface area contributed by atoms with E-state index in [1.54, 1.807) is 0 Å². The third kappa shape index (κ3) is 3.68. The summed E-state index contributed by atoms with van der Waals surface area (Å²) in [4.78, 5) is 11.5. The molecule has 0 bridgehead atoms. The van der Waals surface area contributed by atoms with Crippen molar-refractivity contribution < 1.29 is 4.79 Å². The number of amides is 1. The van der Waals surface area contributed by atoms with Gasteiger partial charge in [-0.15, -0.1) is 0 Å². The van der Waals surface area contributed by atoms with Gasteiger partial charge in [-0.05, 0) is 37.4 Å². The molecule has 0 spiro atoms. The maximum absolute atomic E-state index is 11.5. The fourth-order valence-electron chi connectivity index (χ4n) is 2.01. The first-order chi connectivity index (χ1) is 7.25. The van der Waals surface area contributed by atoms with Gasteiger partial charge in [0.1, 0.15) is 0 Å². The minimum absolute atomic E-state index is 0.0984. The van der Waals surface area contributed by atoms with E-state index in [1.165, 1.54) is 31.4 Å². The quantitative estimate of drug-likeness (QED) is 0.741. The molecule has 2 rings (SSSR count). The van der Waals surface area contributed by atoms with Crippen LogP contribution in [0.1, 0.15) is 32.1 Å². The van der Waals surface area contributed by atoms with Crippen LogP contribution in [0.2, 0.25) is 0 Å². The molecule has 2 fully saturated rings. The molecular formula is C11H20N2OS. The van der Waals surface area contributed by atoms with Crippen molar-refractivity contribution in [3.63, 3.8) is 0 Å². The average molecular weight is 228 g/mol. The Bertz CT molecular complexity index is 225. The molecule has 3 N–H and O–H groups in total. The molecule has 1 aliphatic heterocycles. The number of nitrogens with one attached hydrogen (secondary N) is 1. The van der Waals surface area contributed by atoms with Gasteiger partial charge in [0.05, 0.1) is 0 Å². The number of nitrogens with two attached hydrogens (primary N) is 1. The summed E-state index contributed by atoms with van der Waals surface area (Å²) in [5, 5.41) is 3.64. The summed E-state index contributed by atoms with van der Waals surface area (Å²) in [6.07, 6.45) is 5.49. The molecule has 15 heavy (non-hydrogen) atoms. The first kappa shape index (κ1) is 11.3. The number of hydrogen-bond acceptors (Lipinski definition) is 3. The summed E-state index contributed by atoms with van der Waals surface area (Å²) >= 11 is 1.98. The SMILES string of the molecule is NC(CC(=O)NCC1CCCS1)C1CC1. The van der Waals surface area contributed by atoms with Crippen LogP contribution in [-0.4, -0.2) is 29.5 Å². The third-order valence-electron chi connectivity index (χ3n) is 3.20. The maximum atomic E-state index is 11.5. The van der Waals surface area contributed by atoms with E-state index in [4.69, 9.17) is 5.73 Å². The van der Waals surface area contributed by atoms with Gasteiger partial charge >= 0.3 is 0 Å². The van der Waals surface area contributed by atoms with Crippen molar-refractivity contribution in [1.82, 2.24) is 5.32 Å². The van der Waals surface area contributed by atoms with E-state index < -0.39 is 0 Å². The minimum atomic E-state index is 0.0984. The van der Waals surface area contributed by atoms with Crippen molar-refractivity contribution in [2.24, 2.45) is 11.7 Å². The zero-order valence-corrected chi connectivity index (χ0v) is 9.89. The van der Waals surface area contributed by atoms with Gasteiger partial charge in [0, 0.05) is 24.3 Å². The summed E-state index contributed by atoms with van der Waals surface area (Å²) in [6, 6.07) is 0.0984. The highest BCUT2D eigenvalue weighted by atomic mass is 32.2. The summed E-state index contributed by atoms with van der Waals surface area (Å²) in [5.74, 6) is 2.01. The monoisotopic (exact) mass is 228 g/mol. The van der Waals surface area contributed by atoms with Crippen molar-refractivity contribution >= 4 is 17.7 Å². The van der Waals surface area contributed by atoms with Crippen molar-refractivity contribution in [2.45, 2.75) is 43.4 Å². The van der Waals surface area contributed by atoms with E-state index in [9.17, 15) is 4.79 Å². The number of thioether (sulfide) groups is 1. The standard InChI is InChI=1S/C11H20N2OS/c12-10(8-3-4-8)6-11(14)13-7-9-2-1-5-15-9/h8-10H,1-7,12H2,(H,13,14). The van der Waals surface area contributed by atoms with Crippen molar-refractivity contribution in [1.29, 1.82) is 0 Å². The van der Waals surface area contributed by atoms with Gasteiger partial charge in [-0.25, -0.2) is 0 Å². The van der Waals surface area contributed by atoms with Gasteiger partial charge in [0.2, 0.25) is 5.91 Å². The topological polar surface area (TPSA) is 55.1 Å². The van der Waals surface area contributed by atoms with Crippen molar-refractivity contribution in [3.05, 3.63) is 0 Å². The first-order valence-electron chi connectivity index (χ1n) is 5.89. The molecule has 2 atom stereocenters. The van der Waals surface area contributed by atoms with Crippen molar-refractivity contribution in [2.75, 3.05) is 12.3 Å².